The molecular weight excluding hydrogens is 327 g/mol. The van der Waals surface area contributed by atoms with Gasteiger partial charge in [-0.25, -0.2) is 0 Å². The predicted octanol–water partition coefficient (Wildman–Crippen LogP) is 2.96. The van der Waals surface area contributed by atoms with Crippen molar-refractivity contribution in [3.05, 3.63) is 28.2 Å². The van der Waals surface area contributed by atoms with Gasteiger partial charge in [0.15, 0.2) is 0 Å². The first-order valence-electron chi connectivity index (χ1n) is 7.08. The monoisotopic (exact) mass is 344 g/mol. The Morgan fingerprint density at radius 1 is 1.36 bits per heavy atom. The molecule has 1 aromatic carbocycles. The Balaban J connectivity index is 1.97. The highest BCUT2D eigenvalue weighted by Gasteiger charge is 2.22. The first-order valence-corrected chi connectivity index (χ1v) is 7.84. The molecule has 1 aliphatic heterocycles. The molecule has 1 aliphatic rings. The molecule has 7 heteroatoms. The van der Waals surface area contributed by atoms with E-state index in [2.05, 4.69) is 5.32 Å². The van der Waals surface area contributed by atoms with Crippen molar-refractivity contribution < 1.29 is 14.3 Å². The van der Waals surface area contributed by atoms with Crippen molar-refractivity contribution >= 4 is 40.7 Å². The van der Waals surface area contributed by atoms with Gasteiger partial charge in [-0.3, -0.25) is 9.59 Å². The lowest BCUT2D eigenvalue weighted by Crippen LogP contribution is -2.41. The van der Waals surface area contributed by atoms with E-state index in [4.69, 9.17) is 27.9 Å². The van der Waals surface area contributed by atoms with Gasteiger partial charge in [-0.05, 0) is 25.0 Å². The lowest BCUT2D eigenvalue weighted by molar-refractivity contribution is -0.134. The number of rotatable bonds is 5. The van der Waals surface area contributed by atoms with Crippen molar-refractivity contribution in [2.24, 2.45) is 0 Å². The first kappa shape index (κ1) is 17.1. The van der Waals surface area contributed by atoms with Gasteiger partial charge >= 0.3 is 0 Å². The average Bonchev–Trinajstić information content (AvgIpc) is 2.95. The smallest absolute Gasteiger partial charge is 0.244 e. The molecule has 120 valence electrons. The second-order valence-electron chi connectivity index (χ2n) is 5.18. The summed E-state index contributed by atoms with van der Waals surface area (Å²) in [5.41, 5.74) is 0.358. The van der Waals surface area contributed by atoms with Crippen molar-refractivity contribution in [3.63, 3.8) is 0 Å². The van der Waals surface area contributed by atoms with Gasteiger partial charge in [0.2, 0.25) is 11.8 Å². The molecule has 0 radical (unpaired) electrons. The van der Waals surface area contributed by atoms with E-state index in [0.29, 0.717) is 28.9 Å². The molecule has 5 nitrogen and oxygen atoms in total. The van der Waals surface area contributed by atoms with Crippen molar-refractivity contribution in [2.75, 3.05) is 25.0 Å². The van der Waals surface area contributed by atoms with E-state index in [0.717, 1.165) is 12.8 Å². The maximum atomic E-state index is 12.1. The summed E-state index contributed by atoms with van der Waals surface area (Å²) in [6, 6.07) is 4.97. The number of carbonyl (C=O) groups is 2. The second-order valence-corrected chi connectivity index (χ2v) is 5.99. The minimum absolute atomic E-state index is 0.000557. The molecule has 0 aromatic heterocycles. The minimum atomic E-state index is -0.344. The molecule has 0 aliphatic carbocycles. The Morgan fingerprint density at radius 2 is 2.05 bits per heavy atom. The van der Waals surface area contributed by atoms with E-state index >= 15 is 0 Å². The standard InChI is InChI=1S/C15H18Cl2N2O3/c1-10(20)19(8-11-4-3-7-22-11)9-14(21)18-15-12(16)5-2-6-13(15)17/h2,5-6,11H,3-4,7-9H2,1H3,(H,18,21). The summed E-state index contributed by atoms with van der Waals surface area (Å²) in [5, 5.41) is 3.36. The molecule has 1 atom stereocenters. The summed E-state index contributed by atoms with van der Waals surface area (Å²) < 4.78 is 5.50. The van der Waals surface area contributed by atoms with Crippen LogP contribution in [0.1, 0.15) is 19.8 Å². The Kier molecular flexibility index (Phi) is 6.06. The van der Waals surface area contributed by atoms with Gasteiger partial charge in [-0.2, -0.15) is 0 Å². The van der Waals surface area contributed by atoms with Gasteiger partial charge in [0.25, 0.3) is 0 Å². The molecule has 0 spiro atoms. The number of nitrogens with zero attached hydrogens (tertiary/aromatic N) is 1. The molecule has 1 N–H and O–H groups in total. The highest BCUT2D eigenvalue weighted by Crippen LogP contribution is 2.29. The summed E-state index contributed by atoms with van der Waals surface area (Å²) in [6.07, 6.45) is 1.89. The van der Waals surface area contributed by atoms with Crippen LogP contribution in [0.4, 0.5) is 5.69 Å². The summed E-state index contributed by atoms with van der Waals surface area (Å²) in [6.45, 7) is 2.50. The molecule has 22 heavy (non-hydrogen) atoms. The van der Waals surface area contributed by atoms with Crippen LogP contribution in [0.2, 0.25) is 10.0 Å². The topological polar surface area (TPSA) is 58.6 Å². The molecular formula is C15H18Cl2N2O3. The van der Waals surface area contributed by atoms with Crippen LogP contribution in [0.5, 0.6) is 0 Å². The van der Waals surface area contributed by atoms with Gasteiger partial charge in [0, 0.05) is 20.1 Å². The van der Waals surface area contributed by atoms with Crippen LogP contribution in [0.15, 0.2) is 18.2 Å². The largest absolute Gasteiger partial charge is 0.376 e. The maximum Gasteiger partial charge on any atom is 0.244 e. The van der Waals surface area contributed by atoms with Gasteiger partial charge in [0.1, 0.15) is 0 Å². The van der Waals surface area contributed by atoms with E-state index in [-0.39, 0.29) is 24.5 Å². The number of nitrogens with one attached hydrogen (secondary N) is 1. The normalized spacial score (nSPS) is 17.3. The maximum absolute atomic E-state index is 12.1. The zero-order valence-corrected chi connectivity index (χ0v) is 13.8. The SMILES string of the molecule is CC(=O)N(CC(=O)Nc1c(Cl)cccc1Cl)CC1CCCO1. The average molecular weight is 345 g/mol. The van der Waals surface area contributed by atoms with E-state index in [9.17, 15) is 9.59 Å². The number of carbonyl (C=O) groups excluding carboxylic acids is 2. The zero-order chi connectivity index (χ0) is 16.1. The first-order chi connectivity index (χ1) is 10.5. The van der Waals surface area contributed by atoms with Crippen LogP contribution in [0, 0.1) is 0 Å². The van der Waals surface area contributed by atoms with Crippen LogP contribution in [0.25, 0.3) is 0 Å². The fourth-order valence-electron chi connectivity index (χ4n) is 2.31. The highest BCUT2D eigenvalue weighted by molar-refractivity contribution is 6.39. The number of para-hydroxylation sites is 1. The van der Waals surface area contributed by atoms with Crippen LogP contribution >= 0.6 is 23.2 Å². The Hall–Kier alpha value is -1.30. The molecule has 1 saturated heterocycles. The van der Waals surface area contributed by atoms with Crippen molar-refractivity contribution in [1.82, 2.24) is 4.90 Å². The highest BCUT2D eigenvalue weighted by atomic mass is 35.5. The van der Waals surface area contributed by atoms with Gasteiger partial charge in [0.05, 0.1) is 28.4 Å². The van der Waals surface area contributed by atoms with Crippen LogP contribution in [0.3, 0.4) is 0 Å². The van der Waals surface area contributed by atoms with E-state index in [1.807, 2.05) is 0 Å². The molecule has 1 heterocycles. The lowest BCUT2D eigenvalue weighted by Gasteiger charge is -2.23. The Morgan fingerprint density at radius 3 is 2.59 bits per heavy atom. The van der Waals surface area contributed by atoms with Gasteiger partial charge < -0.3 is 15.0 Å². The summed E-state index contributed by atoms with van der Waals surface area (Å²) in [7, 11) is 0. The molecule has 2 rings (SSSR count). The Labute approximate surface area is 139 Å². The number of ether oxygens (including phenoxy) is 1. The zero-order valence-electron chi connectivity index (χ0n) is 12.3. The van der Waals surface area contributed by atoms with Crippen LogP contribution in [-0.2, 0) is 14.3 Å². The van der Waals surface area contributed by atoms with E-state index in [1.54, 1.807) is 18.2 Å². The quantitative estimate of drug-likeness (QED) is 0.893. The van der Waals surface area contributed by atoms with Crippen molar-refractivity contribution in [2.45, 2.75) is 25.9 Å². The number of amides is 2. The number of hydrogen-bond acceptors (Lipinski definition) is 3. The molecule has 1 aromatic rings. The lowest BCUT2D eigenvalue weighted by atomic mass is 10.2. The third-order valence-corrected chi connectivity index (χ3v) is 4.08. The van der Waals surface area contributed by atoms with E-state index < -0.39 is 0 Å². The second kappa shape index (κ2) is 7.81. The predicted molar refractivity (Wildman–Crippen MR) is 86.3 cm³/mol. The van der Waals surface area contributed by atoms with E-state index in [1.165, 1.54) is 11.8 Å². The third kappa shape index (κ3) is 4.60. The number of benzene rings is 1. The molecule has 1 unspecified atom stereocenters. The fraction of sp³-hybridized carbons (Fsp3) is 0.467. The van der Waals surface area contributed by atoms with Crippen LogP contribution < -0.4 is 5.32 Å². The van der Waals surface area contributed by atoms with Gasteiger partial charge in [-0.15, -0.1) is 0 Å². The van der Waals surface area contributed by atoms with Gasteiger partial charge in [-0.1, -0.05) is 29.3 Å². The third-order valence-electron chi connectivity index (χ3n) is 3.45. The van der Waals surface area contributed by atoms with Crippen LogP contribution in [-0.4, -0.2) is 42.5 Å². The molecule has 0 saturated carbocycles. The summed E-state index contributed by atoms with van der Waals surface area (Å²) in [5.74, 6) is -0.515. The minimum Gasteiger partial charge on any atom is -0.376 e. The number of anilines is 1. The van der Waals surface area contributed by atoms with Crippen molar-refractivity contribution in [3.8, 4) is 0 Å². The fourth-order valence-corrected chi connectivity index (χ4v) is 2.80. The summed E-state index contributed by atoms with van der Waals surface area (Å²) in [4.78, 5) is 25.3. The molecule has 0 bridgehead atoms. The van der Waals surface area contributed by atoms with Crippen molar-refractivity contribution in [1.29, 1.82) is 0 Å². The molecule has 2 amide bonds. The number of halogens is 2. The molecule has 1 fully saturated rings. The number of hydrogen-bond donors (Lipinski definition) is 1. The summed E-state index contributed by atoms with van der Waals surface area (Å²) >= 11 is 12.0. The Bertz CT molecular complexity index is 539.